The molecule has 0 atom stereocenters. The van der Waals surface area contributed by atoms with E-state index in [9.17, 15) is 9.59 Å². The molecule has 16 heteroatoms. The second-order valence-corrected chi connectivity index (χ2v) is 5.51. The van der Waals surface area contributed by atoms with Gasteiger partial charge in [0.25, 0.3) is 6.47 Å². The van der Waals surface area contributed by atoms with Gasteiger partial charge >= 0.3 is 103 Å². The molecule has 4 rings (SSSR count). The van der Waals surface area contributed by atoms with Gasteiger partial charge in [-0.05, 0) is 15.4 Å². The number of aldehydes is 2. The Morgan fingerprint density at radius 2 is 1.33 bits per heavy atom. The van der Waals surface area contributed by atoms with E-state index in [0.29, 0.717) is 22.8 Å². The number of tetrazole rings is 2. The normalized spacial score (nSPS) is 8.22. The topological polar surface area (TPSA) is 182 Å². The second kappa shape index (κ2) is 24.7. The van der Waals surface area contributed by atoms with Crippen molar-refractivity contribution in [2.75, 3.05) is 4.93 Å². The predicted octanol–water partition coefficient (Wildman–Crippen LogP) is -4.39. The van der Waals surface area contributed by atoms with E-state index in [2.05, 4.69) is 63.5 Å². The molecule has 2 aromatic heterocycles. The summed E-state index contributed by atoms with van der Waals surface area (Å²) >= 11 is 2.15. The van der Waals surface area contributed by atoms with Crippen LogP contribution in [0, 0.1) is 0 Å². The number of hydrogen-bond acceptors (Lipinski definition) is 11. The monoisotopic (exact) mass is 660 g/mol. The first-order valence-electron chi connectivity index (χ1n) is 8.80. The van der Waals surface area contributed by atoms with Crippen LogP contribution in [0.2, 0.25) is 0 Å². The molecule has 0 aliphatic heterocycles. The minimum atomic E-state index is -0.181. The predicted molar refractivity (Wildman–Crippen MR) is 130 cm³/mol. The van der Waals surface area contributed by atoms with Crippen LogP contribution in [0.15, 0.2) is 48.5 Å². The van der Waals surface area contributed by atoms with Crippen LogP contribution in [0.1, 0.15) is 29.6 Å². The number of hydrogen-bond donors (Lipinski definition) is 1. The van der Waals surface area contributed by atoms with E-state index in [-0.39, 0.29) is 118 Å². The van der Waals surface area contributed by atoms with E-state index in [4.69, 9.17) is 10.1 Å². The Morgan fingerprint density at radius 1 is 0.889 bits per heavy atom. The number of aromatic nitrogens is 8. The summed E-state index contributed by atoms with van der Waals surface area (Å²) in [7, 11) is 1.70. The molecule has 13 nitrogen and oxygen atoms in total. The minimum absolute atomic E-state index is 0. The van der Waals surface area contributed by atoms with Crippen LogP contribution in [0.25, 0.3) is 22.8 Å². The molecule has 0 radical (unpaired) electrons. The zero-order chi connectivity index (χ0) is 24.5. The van der Waals surface area contributed by atoms with Gasteiger partial charge in [0.05, 0.1) is 7.05 Å². The summed E-state index contributed by atoms with van der Waals surface area (Å²) in [6, 6.07) is 14.0. The fraction of sp³-hybridized carbons (Fsp3) is 0.150. The first kappa shape index (κ1) is 39.9. The van der Waals surface area contributed by atoms with Crippen molar-refractivity contribution >= 4 is 41.6 Å². The number of aromatic amines is 1. The Morgan fingerprint density at radius 3 is 1.64 bits per heavy atom. The summed E-state index contributed by atoms with van der Waals surface area (Å²) in [4.78, 5) is 35.4. The Labute approximate surface area is 307 Å². The van der Waals surface area contributed by atoms with Crippen molar-refractivity contribution in [2.24, 2.45) is 7.05 Å². The molecule has 0 saturated carbocycles. The molecule has 36 heavy (non-hydrogen) atoms. The number of nitrogens with zero attached hydrogens (tertiary/aromatic N) is 7. The van der Waals surface area contributed by atoms with Crippen molar-refractivity contribution < 1.29 is 129 Å². The summed E-state index contributed by atoms with van der Waals surface area (Å²) < 4.78 is 0. The number of H-pyrrole nitrogens is 1. The van der Waals surface area contributed by atoms with Gasteiger partial charge in [-0.1, -0.05) is 78.5 Å². The number of benzene rings is 2. The molecule has 4 aromatic rings. The third kappa shape index (κ3) is 14.9. The van der Waals surface area contributed by atoms with Crippen LogP contribution in [-0.2, 0) is 16.7 Å². The Bertz CT molecular complexity index is 1100. The van der Waals surface area contributed by atoms with E-state index in [1.807, 2.05) is 4.93 Å². The number of halogens is 1. The molecule has 0 unspecified atom stereocenters. The molecule has 0 amide bonds. The van der Waals surface area contributed by atoms with Gasteiger partial charge in [-0.15, -0.1) is 20.4 Å². The third-order valence-electron chi connectivity index (χ3n) is 3.50. The van der Waals surface area contributed by atoms with Crippen LogP contribution in [0.5, 0.6) is 0 Å². The van der Waals surface area contributed by atoms with Crippen LogP contribution >= 0.6 is 22.6 Å². The summed E-state index contributed by atoms with van der Waals surface area (Å²) in [6.07, 6.45) is 1.59. The van der Waals surface area contributed by atoms with Crippen molar-refractivity contribution in [3.8, 4) is 22.8 Å². The first-order valence-corrected chi connectivity index (χ1v) is 11.0. The average molecular weight is 661 g/mol. The molecule has 0 saturated heterocycles. The molecule has 2 heterocycles. The van der Waals surface area contributed by atoms with Crippen LogP contribution < -0.4 is 108 Å². The maximum Gasteiger partial charge on any atom is 1.00 e. The summed E-state index contributed by atoms with van der Waals surface area (Å²) in [5.74, 6) is 1.09. The number of aryl methyl sites for hydroxylation is 1. The Kier molecular flexibility index (Phi) is 27.3. The summed E-state index contributed by atoms with van der Waals surface area (Å²) in [5.41, 5.74) is 2.95. The molecular formula is C20H23IK2N8O5. The SMILES string of the molecule is C.CI.Cn1nnc(-c2ccc(C=O)cc2)n1.O=CO[O-].O=Cc1ccc(-c2nn[nH]n2)cc1.[H-].[K+].[K+]. The fourth-order valence-corrected chi connectivity index (χ4v) is 2.11. The van der Waals surface area contributed by atoms with Gasteiger partial charge in [-0.2, -0.15) is 10.0 Å². The quantitative estimate of drug-likeness (QED) is 0.0545. The molecule has 0 fully saturated rings. The first-order chi connectivity index (χ1) is 16.1. The van der Waals surface area contributed by atoms with Crippen molar-refractivity contribution in [1.82, 2.24) is 40.8 Å². The molecular weight excluding hydrogens is 637 g/mol. The van der Waals surface area contributed by atoms with E-state index < -0.39 is 0 Å². The maximum atomic E-state index is 10.4. The molecule has 0 spiro atoms. The molecule has 2 aromatic carbocycles. The van der Waals surface area contributed by atoms with Crippen LogP contribution in [-0.4, -0.2) is 64.8 Å². The van der Waals surface area contributed by atoms with Crippen molar-refractivity contribution in [1.29, 1.82) is 0 Å². The molecule has 1 N–H and O–H groups in total. The largest absolute Gasteiger partial charge is 1.00 e. The van der Waals surface area contributed by atoms with Gasteiger partial charge in [0.2, 0.25) is 11.6 Å². The van der Waals surface area contributed by atoms with Crippen LogP contribution in [0.4, 0.5) is 0 Å². The smallest absolute Gasteiger partial charge is 1.00 e. The number of nitrogens with one attached hydrogen (secondary N) is 1. The molecule has 0 aliphatic carbocycles. The van der Waals surface area contributed by atoms with Gasteiger partial charge in [-0.3, -0.25) is 14.4 Å². The zero-order valence-corrected chi connectivity index (χ0v) is 27.8. The number of carbonyl (C=O) groups is 3. The molecule has 0 bridgehead atoms. The van der Waals surface area contributed by atoms with Gasteiger partial charge in [-0.25, -0.2) is 0 Å². The van der Waals surface area contributed by atoms with E-state index in [0.717, 1.165) is 23.7 Å². The molecule has 0 aliphatic rings. The van der Waals surface area contributed by atoms with Gasteiger partial charge in [0.1, 0.15) is 12.6 Å². The molecule has 182 valence electrons. The van der Waals surface area contributed by atoms with Crippen molar-refractivity contribution in [2.45, 2.75) is 7.43 Å². The Hall–Kier alpha value is -0.647. The maximum absolute atomic E-state index is 10.4. The summed E-state index contributed by atoms with van der Waals surface area (Å²) in [6.45, 7) is -0.181. The van der Waals surface area contributed by atoms with Gasteiger partial charge in [0, 0.05) is 22.3 Å². The van der Waals surface area contributed by atoms with Crippen molar-refractivity contribution in [3.05, 3.63) is 59.7 Å². The fourth-order valence-electron chi connectivity index (χ4n) is 2.11. The van der Waals surface area contributed by atoms with Crippen molar-refractivity contribution in [3.63, 3.8) is 0 Å². The second-order valence-electron chi connectivity index (χ2n) is 5.51. The number of alkyl halides is 1. The minimum Gasteiger partial charge on any atom is -1.00 e. The van der Waals surface area contributed by atoms with Gasteiger partial charge in [0.15, 0.2) is 0 Å². The number of rotatable bonds is 5. The van der Waals surface area contributed by atoms with Crippen LogP contribution in [0.3, 0.4) is 0 Å². The van der Waals surface area contributed by atoms with Gasteiger partial charge < -0.3 is 11.6 Å². The third-order valence-corrected chi connectivity index (χ3v) is 3.50. The Balaban J connectivity index is -0.000000224. The average Bonchev–Trinajstić information content (AvgIpc) is 3.58. The number of carbonyl (C=O) groups excluding carboxylic acids is 3. The van der Waals surface area contributed by atoms with E-state index in [1.165, 1.54) is 4.80 Å². The zero-order valence-electron chi connectivity index (χ0n) is 20.4. The standard InChI is InChI=1S/C9H8N4O.C8H6N4O.CH3I.CH2O3.CH4.2K.H/c1-13-11-9(10-12-13)8-4-2-7(6-14)3-5-8;13-5-6-1-3-7(4-2-6)8-9-11-12-10-8;1-2;2-1-4-3;;;;/h2-6H,1H3;1-5H,(H,9,10,11,12);1H3;1,3H;1H4;;;/q;;;;;2*+1;-1/p-1. The summed E-state index contributed by atoms with van der Waals surface area (Å²) in [5, 5.41) is 33.5. The van der Waals surface area contributed by atoms with E-state index >= 15 is 0 Å². The van der Waals surface area contributed by atoms with E-state index in [1.54, 1.807) is 55.6 Å².